The first-order chi connectivity index (χ1) is 13.2. The first-order valence-electron chi connectivity index (χ1n) is 9.46. The fourth-order valence-electron chi connectivity index (χ4n) is 4.21. The Balaban J connectivity index is 1.32. The molecule has 3 aromatic rings. The molecule has 5 rings (SSSR count). The third kappa shape index (κ3) is 2.84. The number of hydrogen-bond acceptors (Lipinski definition) is 5. The lowest BCUT2D eigenvalue weighted by Gasteiger charge is -2.33. The van der Waals surface area contributed by atoms with E-state index < -0.39 is 6.17 Å². The molecule has 1 saturated heterocycles. The van der Waals surface area contributed by atoms with Gasteiger partial charge < -0.3 is 4.98 Å². The van der Waals surface area contributed by atoms with E-state index in [4.69, 9.17) is 0 Å². The van der Waals surface area contributed by atoms with Crippen LogP contribution in [0.3, 0.4) is 0 Å². The number of aliphatic imine (C=N–C) groups is 1. The fourth-order valence-corrected chi connectivity index (χ4v) is 4.21. The van der Waals surface area contributed by atoms with Gasteiger partial charge in [0.05, 0.1) is 11.7 Å². The highest BCUT2D eigenvalue weighted by Crippen LogP contribution is 2.32. The molecule has 8 heteroatoms. The van der Waals surface area contributed by atoms with Crippen LogP contribution in [-0.4, -0.2) is 67.8 Å². The number of rotatable bonds is 3. The third-order valence-electron chi connectivity index (χ3n) is 5.77. The minimum Gasteiger partial charge on any atom is -0.346 e. The summed E-state index contributed by atoms with van der Waals surface area (Å²) in [5.41, 5.74) is 3.79. The van der Waals surface area contributed by atoms with Gasteiger partial charge in [0.15, 0.2) is 0 Å². The van der Waals surface area contributed by atoms with Crippen molar-refractivity contribution in [3.63, 3.8) is 0 Å². The zero-order chi connectivity index (χ0) is 18.4. The summed E-state index contributed by atoms with van der Waals surface area (Å²) in [6.07, 6.45) is 8.20. The number of piperidine rings is 1. The maximum absolute atomic E-state index is 14.4. The average Bonchev–Trinajstić information content (AvgIpc) is 3.32. The van der Waals surface area contributed by atoms with Crippen LogP contribution in [0.25, 0.3) is 16.6 Å². The number of hydrogen-bond donors (Lipinski definition) is 1. The average molecular weight is 367 g/mol. The van der Waals surface area contributed by atoms with Gasteiger partial charge in [-0.15, -0.1) is 5.10 Å². The lowest BCUT2D eigenvalue weighted by Crippen LogP contribution is -2.37. The summed E-state index contributed by atoms with van der Waals surface area (Å²) in [5, 5.41) is 9.78. The van der Waals surface area contributed by atoms with Gasteiger partial charge in [-0.1, -0.05) is 5.21 Å². The molecule has 7 nitrogen and oxygen atoms in total. The lowest BCUT2D eigenvalue weighted by molar-refractivity contribution is 0.211. The standard InChI is InChI=1S/C19H22FN7/c1-12-16(20)14(2-6-21-12)10-26-8-4-13(5-9-26)17-18-15-3-7-22-19(15)23-11-27(18)25-24-17/h2-3,6-7,11-13,16,22H,4-5,8-10H2,1H3. The minimum absolute atomic E-state index is 0.275. The van der Waals surface area contributed by atoms with E-state index in [1.807, 2.05) is 25.3 Å². The number of halogens is 1. The van der Waals surface area contributed by atoms with Crippen molar-refractivity contribution in [3.05, 3.63) is 35.9 Å². The number of aromatic nitrogens is 5. The van der Waals surface area contributed by atoms with E-state index in [1.165, 1.54) is 0 Å². The molecule has 1 fully saturated rings. The van der Waals surface area contributed by atoms with Crippen LogP contribution in [0.5, 0.6) is 0 Å². The van der Waals surface area contributed by atoms with E-state index in [9.17, 15) is 4.39 Å². The van der Waals surface area contributed by atoms with Gasteiger partial charge in [-0.25, -0.2) is 13.9 Å². The van der Waals surface area contributed by atoms with E-state index in [0.29, 0.717) is 12.5 Å². The van der Waals surface area contributed by atoms with Crippen molar-refractivity contribution in [1.82, 2.24) is 29.7 Å². The summed E-state index contributed by atoms with van der Waals surface area (Å²) in [6, 6.07) is 1.75. The fraction of sp³-hybridized carbons (Fsp3) is 0.474. The van der Waals surface area contributed by atoms with Gasteiger partial charge in [-0.3, -0.25) is 9.89 Å². The molecule has 0 bridgehead atoms. The molecule has 27 heavy (non-hydrogen) atoms. The van der Waals surface area contributed by atoms with Gasteiger partial charge in [0.2, 0.25) is 0 Å². The molecule has 0 amide bonds. The second-order valence-electron chi connectivity index (χ2n) is 7.48. The van der Waals surface area contributed by atoms with E-state index in [0.717, 1.165) is 53.7 Å². The Morgan fingerprint density at radius 1 is 1.30 bits per heavy atom. The largest absolute Gasteiger partial charge is 0.346 e. The highest BCUT2D eigenvalue weighted by molar-refractivity contribution is 5.92. The number of likely N-dealkylation sites (tertiary alicyclic amines) is 1. The second kappa shape index (κ2) is 6.53. The molecule has 0 aromatic carbocycles. The Bertz CT molecular complexity index is 1030. The van der Waals surface area contributed by atoms with Crippen molar-refractivity contribution in [1.29, 1.82) is 0 Å². The molecule has 140 valence electrons. The van der Waals surface area contributed by atoms with E-state index in [-0.39, 0.29) is 6.04 Å². The molecule has 2 unspecified atom stereocenters. The van der Waals surface area contributed by atoms with Crippen LogP contribution in [0.4, 0.5) is 4.39 Å². The van der Waals surface area contributed by atoms with Crippen molar-refractivity contribution in [2.75, 3.05) is 19.6 Å². The molecular formula is C19H22FN7. The van der Waals surface area contributed by atoms with E-state index in [1.54, 1.807) is 17.1 Å². The third-order valence-corrected chi connectivity index (χ3v) is 5.77. The molecule has 2 atom stereocenters. The van der Waals surface area contributed by atoms with Crippen molar-refractivity contribution in [2.24, 2.45) is 4.99 Å². The summed E-state index contributed by atoms with van der Waals surface area (Å²) in [5.74, 6) is 0.362. The van der Waals surface area contributed by atoms with Gasteiger partial charge in [-0.2, -0.15) is 0 Å². The Morgan fingerprint density at radius 2 is 2.15 bits per heavy atom. The number of aromatic amines is 1. The van der Waals surface area contributed by atoms with Crippen LogP contribution in [0.15, 0.2) is 35.2 Å². The summed E-state index contributed by atoms with van der Waals surface area (Å²) in [7, 11) is 0. The van der Waals surface area contributed by atoms with Crippen molar-refractivity contribution >= 4 is 22.8 Å². The molecule has 3 aromatic heterocycles. The van der Waals surface area contributed by atoms with Crippen LogP contribution in [-0.2, 0) is 0 Å². The highest BCUT2D eigenvalue weighted by atomic mass is 19.1. The van der Waals surface area contributed by atoms with Gasteiger partial charge in [-0.05, 0) is 50.6 Å². The first-order valence-corrected chi connectivity index (χ1v) is 9.46. The Hall–Kier alpha value is -2.61. The van der Waals surface area contributed by atoms with Crippen molar-refractivity contribution in [3.8, 4) is 0 Å². The number of alkyl halides is 1. The zero-order valence-corrected chi connectivity index (χ0v) is 15.2. The Kier molecular flexibility index (Phi) is 4.00. The summed E-state index contributed by atoms with van der Waals surface area (Å²) in [4.78, 5) is 14.0. The molecule has 2 aliphatic rings. The van der Waals surface area contributed by atoms with Gasteiger partial charge in [0, 0.05) is 30.3 Å². The predicted octanol–water partition coefficient (Wildman–Crippen LogP) is 2.52. The number of dihydropyridines is 1. The topological polar surface area (TPSA) is 74.5 Å². The SMILES string of the molecule is CC1N=CC=C(CN2CCC(c3nnn4cnc5[nH]ccc5c34)CC2)C1F. The van der Waals surface area contributed by atoms with Gasteiger partial charge in [0.25, 0.3) is 0 Å². The van der Waals surface area contributed by atoms with Crippen LogP contribution in [0.1, 0.15) is 31.4 Å². The highest BCUT2D eigenvalue weighted by Gasteiger charge is 2.28. The van der Waals surface area contributed by atoms with Gasteiger partial charge >= 0.3 is 0 Å². The van der Waals surface area contributed by atoms with Gasteiger partial charge in [0.1, 0.15) is 23.7 Å². The van der Waals surface area contributed by atoms with Crippen LogP contribution < -0.4 is 0 Å². The molecule has 0 spiro atoms. The molecule has 0 aliphatic carbocycles. The molecule has 0 radical (unpaired) electrons. The Morgan fingerprint density at radius 3 is 3.00 bits per heavy atom. The second-order valence-corrected chi connectivity index (χ2v) is 7.48. The maximum atomic E-state index is 14.4. The maximum Gasteiger partial charge on any atom is 0.145 e. The van der Waals surface area contributed by atoms with Crippen LogP contribution in [0, 0.1) is 0 Å². The normalized spacial score (nSPS) is 24.7. The van der Waals surface area contributed by atoms with Crippen molar-refractivity contribution < 1.29 is 4.39 Å². The number of nitrogens with zero attached hydrogens (tertiary/aromatic N) is 6. The molecule has 5 heterocycles. The molecular weight excluding hydrogens is 345 g/mol. The summed E-state index contributed by atoms with van der Waals surface area (Å²) >= 11 is 0. The number of nitrogens with one attached hydrogen (secondary N) is 1. The lowest BCUT2D eigenvalue weighted by atomic mass is 9.91. The zero-order valence-electron chi connectivity index (χ0n) is 15.2. The summed E-state index contributed by atoms with van der Waals surface area (Å²) < 4.78 is 16.1. The minimum atomic E-state index is -0.969. The number of allylic oxidation sites excluding steroid dienone is 1. The van der Waals surface area contributed by atoms with Crippen LogP contribution in [0.2, 0.25) is 0 Å². The van der Waals surface area contributed by atoms with E-state index in [2.05, 4.69) is 30.2 Å². The molecule has 0 saturated carbocycles. The first kappa shape index (κ1) is 16.6. The predicted molar refractivity (Wildman–Crippen MR) is 102 cm³/mol. The number of H-pyrrole nitrogens is 1. The monoisotopic (exact) mass is 367 g/mol. The number of fused-ring (bicyclic) bond motifs is 3. The summed E-state index contributed by atoms with van der Waals surface area (Å²) in [6.45, 7) is 4.37. The molecule has 1 N–H and O–H groups in total. The molecule has 2 aliphatic heterocycles. The quantitative estimate of drug-likeness (QED) is 0.772. The van der Waals surface area contributed by atoms with E-state index >= 15 is 0 Å². The van der Waals surface area contributed by atoms with Crippen LogP contribution >= 0.6 is 0 Å². The Labute approximate surface area is 156 Å². The smallest absolute Gasteiger partial charge is 0.145 e. The van der Waals surface area contributed by atoms with Crippen molar-refractivity contribution in [2.45, 2.75) is 37.9 Å².